The van der Waals surface area contributed by atoms with Gasteiger partial charge < -0.3 is 16.2 Å². The van der Waals surface area contributed by atoms with Crippen molar-refractivity contribution in [2.45, 2.75) is 64.4 Å². The number of nitrogens with zero attached hydrogens (tertiary/aromatic N) is 1. The molecule has 1 fully saturated rings. The van der Waals surface area contributed by atoms with Crippen molar-refractivity contribution in [1.29, 1.82) is 0 Å². The Balaban J connectivity index is 2.08. The number of benzene rings is 1. The first-order valence-electron chi connectivity index (χ1n) is 8.48. The lowest BCUT2D eigenvalue weighted by Crippen LogP contribution is -2.36. The van der Waals surface area contributed by atoms with E-state index < -0.39 is 5.60 Å². The molecule has 0 atom stereocenters. The molecule has 0 spiro atoms. The lowest BCUT2D eigenvalue weighted by molar-refractivity contribution is 0.0132. The summed E-state index contributed by atoms with van der Waals surface area (Å²) in [6.07, 6.45) is 6.94. The molecule has 4 N–H and O–H groups in total. The molecule has 0 unspecified atom stereocenters. The minimum atomic E-state index is -0.664. The van der Waals surface area contributed by atoms with Gasteiger partial charge in [-0.15, -0.1) is 0 Å². The summed E-state index contributed by atoms with van der Waals surface area (Å²) in [6, 6.07) is 6.31. The van der Waals surface area contributed by atoms with Crippen LogP contribution in [-0.4, -0.2) is 23.2 Å². The zero-order chi connectivity index (χ0) is 16.0. The normalized spacial score (nSPS) is 18.2. The van der Waals surface area contributed by atoms with Crippen molar-refractivity contribution in [1.82, 2.24) is 0 Å². The number of hydrogen-bond acceptors (Lipinski definition) is 2. The Morgan fingerprint density at radius 3 is 2.32 bits per heavy atom. The average molecular weight is 303 g/mol. The average Bonchev–Trinajstić information content (AvgIpc) is 2.54. The number of rotatable bonds is 5. The molecule has 0 amide bonds. The molecule has 22 heavy (non-hydrogen) atoms. The second-order valence-corrected chi connectivity index (χ2v) is 6.27. The number of para-hydroxylation sites is 1. The number of hydrogen-bond donors (Lipinski definition) is 3. The maximum Gasteiger partial charge on any atom is 0.193 e. The summed E-state index contributed by atoms with van der Waals surface area (Å²) in [4.78, 5) is 4.40. The molecule has 0 radical (unpaired) electrons. The van der Waals surface area contributed by atoms with E-state index in [2.05, 4.69) is 42.4 Å². The van der Waals surface area contributed by atoms with Gasteiger partial charge in [0.1, 0.15) is 0 Å². The Hall–Kier alpha value is -1.55. The minimum absolute atomic E-state index is 0.390. The van der Waals surface area contributed by atoms with Crippen molar-refractivity contribution in [3.8, 4) is 0 Å². The first-order valence-corrected chi connectivity index (χ1v) is 8.48. The van der Waals surface area contributed by atoms with Gasteiger partial charge in [0.2, 0.25) is 0 Å². The Kier molecular flexibility index (Phi) is 5.83. The van der Waals surface area contributed by atoms with Crippen LogP contribution in [0.25, 0.3) is 0 Å². The number of aliphatic hydroxyl groups is 1. The molecule has 2 rings (SSSR count). The van der Waals surface area contributed by atoms with E-state index in [-0.39, 0.29) is 0 Å². The highest BCUT2D eigenvalue weighted by molar-refractivity contribution is 5.93. The van der Waals surface area contributed by atoms with E-state index in [1.54, 1.807) is 0 Å². The van der Waals surface area contributed by atoms with Crippen LogP contribution in [-0.2, 0) is 12.8 Å². The van der Waals surface area contributed by atoms with Gasteiger partial charge in [-0.25, -0.2) is 0 Å². The maximum absolute atomic E-state index is 10.5. The fourth-order valence-electron chi connectivity index (χ4n) is 3.17. The van der Waals surface area contributed by atoms with Crippen LogP contribution < -0.4 is 11.1 Å². The minimum Gasteiger partial charge on any atom is -0.388 e. The van der Waals surface area contributed by atoms with Crippen molar-refractivity contribution in [3.05, 3.63) is 29.3 Å². The van der Waals surface area contributed by atoms with Crippen LogP contribution in [0.4, 0.5) is 5.69 Å². The van der Waals surface area contributed by atoms with Gasteiger partial charge in [0, 0.05) is 5.69 Å². The standard InChI is InChI=1S/C18H29N3O/c1-3-14-9-8-10-15(4-2)16(14)21-17(19)20-13-18(22)11-6-5-7-12-18/h8-10,22H,3-7,11-13H2,1-2H3,(H3,19,20,21). The van der Waals surface area contributed by atoms with Gasteiger partial charge in [-0.05, 0) is 36.8 Å². The smallest absolute Gasteiger partial charge is 0.193 e. The molecule has 0 saturated heterocycles. The number of anilines is 1. The monoisotopic (exact) mass is 303 g/mol. The largest absolute Gasteiger partial charge is 0.388 e. The molecule has 0 bridgehead atoms. The van der Waals surface area contributed by atoms with E-state index in [1.807, 2.05) is 0 Å². The number of aliphatic imine (C=N–C) groups is 1. The number of aryl methyl sites for hydroxylation is 2. The van der Waals surface area contributed by atoms with Gasteiger partial charge in [0.25, 0.3) is 0 Å². The van der Waals surface area contributed by atoms with Crippen molar-refractivity contribution in [2.24, 2.45) is 10.7 Å². The van der Waals surface area contributed by atoms with Crippen molar-refractivity contribution < 1.29 is 5.11 Å². The Labute approximate surface area is 133 Å². The highest BCUT2D eigenvalue weighted by atomic mass is 16.3. The second kappa shape index (κ2) is 7.63. The van der Waals surface area contributed by atoms with Crippen LogP contribution in [0.5, 0.6) is 0 Å². The summed E-state index contributed by atoms with van der Waals surface area (Å²) in [5.74, 6) is 0.398. The summed E-state index contributed by atoms with van der Waals surface area (Å²) in [6.45, 7) is 4.66. The lowest BCUT2D eigenvalue weighted by atomic mass is 9.85. The first-order chi connectivity index (χ1) is 10.6. The van der Waals surface area contributed by atoms with Crippen LogP contribution in [0.15, 0.2) is 23.2 Å². The Morgan fingerprint density at radius 1 is 1.18 bits per heavy atom. The molecule has 122 valence electrons. The number of guanidine groups is 1. The predicted molar refractivity (Wildman–Crippen MR) is 93.3 cm³/mol. The third-order valence-corrected chi connectivity index (χ3v) is 4.58. The quantitative estimate of drug-likeness (QED) is 0.577. The summed E-state index contributed by atoms with van der Waals surface area (Å²) in [7, 11) is 0. The molecule has 0 heterocycles. The fraction of sp³-hybridized carbons (Fsp3) is 0.611. The second-order valence-electron chi connectivity index (χ2n) is 6.27. The van der Waals surface area contributed by atoms with Crippen molar-refractivity contribution in [2.75, 3.05) is 11.9 Å². The zero-order valence-corrected chi connectivity index (χ0v) is 13.9. The van der Waals surface area contributed by atoms with E-state index >= 15 is 0 Å². The van der Waals surface area contributed by atoms with Crippen LogP contribution in [0.1, 0.15) is 57.1 Å². The van der Waals surface area contributed by atoms with Crippen LogP contribution >= 0.6 is 0 Å². The van der Waals surface area contributed by atoms with Gasteiger partial charge in [0.05, 0.1) is 12.1 Å². The van der Waals surface area contributed by atoms with Crippen molar-refractivity contribution >= 4 is 11.6 Å². The third kappa shape index (κ3) is 4.23. The first kappa shape index (κ1) is 16.8. The number of nitrogens with one attached hydrogen (secondary N) is 1. The van der Waals surface area contributed by atoms with E-state index in [9.17, 15) is 5.11 Å². The summed E-state index contributed by atoms with van der Waals surface area (Å²) in [5.41, 5.74) is 8.95. The topological polar surface area (TPSA) is 70.6 Å². The maximum atomic E-state index is 10.5. The molecule has 1 aromatic rings. The summed E-state index contributed by atoms with van der Waals surface area (Å²) >= 11 is 0. The summed E-state index contributed by atoms with van der Waals surface area (Å²) < 4.78 is 0. The van der Waals surface area contributed by atoms with Crippen molar-refractivity contribution in [3.63, 3.8) is 0 Å². The lowest BCUT2D eigenvalue weighted by Gasteiger charge is -2.30. The van der Waals surface area contributed by atoms with Crippen LogP contribution in [0.2, 0.25) is 0 Å². The molecule has 1 aliphatic carbocycles. The molecule has 1 aromatic carbocycles. The van der Waals surface area contributed by atoms with Gasteiger partial charge in [-0.3, -0.25) is 4.99 Å². The molecule has 0 aromatic heterocycles. The van der Waals surface area contributed by atoms with E-state index in [0.717, 1.165) is 44.2 Å². The number of nitrogens with two attached hydrogens (primary N) is 1. The molecule has 4 nitrogen and oxygen atoms in total. The van der Waals surface area contributed by atoms with Gasteiger partial charge in [-0.2, -0.15) is 0 Å². The van der Waals surface area contributed by atoms with Gasteiger partial charge in [-0.1, -0.05) is 51.3 Å². The molecular formula is C18H29N3O. The third-order valence-electron chi connectivity index (χ3n) is 4.58. The fourth-order valence-corrected chi connectivity index (χ4v) is 3.17. The SMILES string of the molecule is CCc1cccc(CC)c1NC(N)=NCC1(O)CCCCC1. The highest BCUT2D eigenvalue weighted by Crippen LogP contribution is 2.28. The summed E-state index contributed by atoms with van der Waals surface area (Å²) in [5, 5.41) is 13.8. The molecule has 4 heteroatoms. The van der Waals surface area contributed by atoms with E-state index in [4.69, 9.17) is 5.73 Å². The molecule has 1 aliphatic rings. The molecular weight excluding hydrogens is 274 g/mol. The van der Waals surface area contributed by atoms with E-state index in [0.29, 0.717) is 12.5 Å². The van der Waals surface area contributed by atoms with E-state index in [1.165, 1.54) is 17.5 Å². The zero-order valence-electron chi connectivity index (χ0n) is 13.9. The van der Waals surface area contributed by atoms with Gasteiger partial charge in [0.15, 0.2) is 5.96 Å². The predicted octanol–water partition coefficient (Wildman–Crippen LogP) is 3.23. The molecule has 1 saturated carbocycles. The highest BCUT2D eigenvalue weighted by Gasteiger charge is 2.28. The van der Waals surface area contributed by atoms with Crippen LogP contribution in [0, 0.1) is 0 Å². The Morgan fingerprint density at radius 2 is 1.77 bits per heavy atom. The molecule has 0 aliphatic heterocycles. The van der Waals surface area contributed by atoms with Gasteiger partial charge >= 0.3 is 0 Å². The Bertz CT molecular complexity index is 497. The van der Waals surface area contributed by atoms with Crippen LogP contribution in [0.3, 0.4) is 0 Å².